The Kier molecular flexibility index (Phi) is 4.00. The van der Waals surface area contributed by atoms with Gasteiger partial charge in [0.15, 0.2) is 0 Å². The van der Waals surface area contributed by atoms with Crippen molar-refractivity contribution >= 4 is 22.7 Å². The number of aromatic amines is 1. The van der Waals surface area contributed by atoms with Crippen molar-refractivity contribution in [1.29, 1.82) is 0 Å². The zero-order valence-corrected chi connectivity index (χ0v) is 13.8. The number of nitrogens with one attached hydrogen (secondary N) is 1. The maximum absolute atomic E-state index is 12.8. The first-order valence-electron chi connectivity index (χ1n) is 8.88. The molecule has 0 bridgehead atoms. The first-order chi connectivity index (χ1) is 11.7. The number of carbonyl (C=O) groups excluding carboxylic acids is 2. The van der Waals surface area contributed by atoms with Gasteiger partial charge in [-0.3, -0.25) is 9.59 Å². The normalized spacial score (nSPS) is 19.2. The van der Waals surface area contributed by atoms with Crippen LogP contribution in [0.4, 0.5) is 0 Å². The molecule has 1 N–H and O–H groups in total. The summed E-state index contributed by atoms with van der Waals surface area (Å²) in [5.41, 5.74) is 1.71. The third kappa shape index (κ3) is 2.68. The number of H-pyrrole nitrogens is 1. The molecule has 1 aliphatic heterocycles. The highest BCUT2D eigenvalue weighted by molar-refractivity contribution is 6.06. The van der Waals surface area contributed by atoms with Crippen molar-refractivity contribution in [2.75, 3.05) is 26.2 Å². The maximum Gasteiger partial charge on any atom is 0.256 e. The van der Waals surface area contributed by atoms with Crippen LogP contribution in [0.5, 0.6) is 0 Å². The lowest BCUT2D eigenvalue weighted by atomic mass is 10.1. The first-order valence-corrected chi connectivity index (χ1v) is 8.88. The summed E-state index contributed by atoms with van der Waals surface area (Å²) in [5.74, 6) is 0.577. The molecule has 126 valence electrons. The third-order valence-corrected chi connectivity index (χ3v) is 5.40. The van der Waals surface area contributed by atoms with Crippen molar-refractivity contribution in [3.63, 3.8) is 0 Å². The van der Waals surface area contributed by atoms with Crippen molar-refractivity contribution in [2.24, 2.45) is 5.92 Å². The number of aromatic nitrogens is 1. The van der Waals surface area contributed by atoms with E-state index in [0.29, 0.717) is 32.1 Å². The number of hydrogen-bond donors (Lipinski definition) is 1. The van der Waals surface area contributed by atoms with Crippen LogP contribution in [0.2, 0.25) is 0 Å². The van der Waals surface area contributed by atoms with Crippen LogP contribution in [0.1, 0.15) is 36.0 Å². The molecule has 2 aliphatic rings. The van der Waals surface area contributed by atoms with E-state index in [1.807, 2.05) is 34.1 Å². The lowest BCUT2D eigenvalue weighted by molar-refractivity contribution is -0.136. The van der Waals surface area contributed by atoms with E-state index in [9.17, 15) is 9.59 Å². The molecule has 1 saturated carbocycles. The van der Waals surface area contributed by atoms with Gasteiger partial charge in [-0.05, 0) is 18.9 Å². The van der Waals surface area contributed by atoms with Gasteiger partial charge in [-0.15, -0.1) is 0 Å². The molecule has 0 radical (unpaired) electrons. The number of amides is 2. The molecular formula is C19H23N3O2. The van der Waals surface area contributed by atoms with Crippen LogP contribution in [0, 0.1) is 5.92 Å². The molecule has 4 rings (SSSR count). The number of nitrogens with zero attached hydrogens (tertiary/aromatic N) is 2. The summed E-state index contributed by atoms with van der Waals surface area (Å²) in [7, 11) is 0. The van der Waals surface area contributed by atoms with Crippen molar-refractivity contribution in [2.45, 2.75) is 25.7 Å². The average molecular weight is 325 g/mol. The smallest absolute Gasteiger partial charge is 0.256 e. The van der Waals surface area contributed by atoms with Gasteiger partial charge >= 0.3 is 0 Å². The van der Waals surface area contributed by atoms with Crippen LogP contribution in [0.3, 0.4) is 0 Å². The highest BCUT2D eigenvalue weighted by atomic mass is 16.2. The molecular weight excluding hydrogens is 302 g/mol. The molecule has 2 aromatic rings. The Morgan fingerprint density at radius 3 is 2.38 bits per heavy atom. The van der Waals surface area contributed by atoms with E-state index in [-0.39, 0.29) is 11.8 Å². The van der Waals surface area contributed by atoms with E-state index in [1.165, 1.54) is 12.8 Å². The van der Waals surface area contributed by atoms with Gasteiger partial charge < -0.3 is 14.8 Å². The molecule has 5 nitrogen and oxygen atoms in total. The monoisotopic (exact) mass is 325 g/mol. The maximum atomic E-state index is 12.8. The number of hydrogen-bond acceptors (Lipinski definition) is 2. The largest absolute Gasteiger partial charge is 0.360 e. The fourth-order valence-corrected chi connectivity index (χ4v) is 3.98. The molecule has 0 unspecified atom stereocenters. The summed E-state index contributed by atoms with van der Waals surface area (Å²) in [5, 5.41) is 0.965. The Morgan fingerprint density at radius 2 is 1.62 bits per heavy atom. The van der Waals surface area contributed by atoms with E-state index in [1.54, 1.807) is 6.20 Å². The summed E-state index contributed by atoms with van der Waals surface area (Å²) in [6.07, 6.45) is 6.22. The second kappa shape index (κ2) is 6.30. The molecule has 1 aliphatic carbocycles. The summed E-state index contributed by atoms with van der Waals surface area (Å²) < 4.78 is 0. The van der Waals surface area contributed by atoms with E-state index < -0.39 is 0 Å². The Labute approximate surface area is 141 Å². The quantitative estimate of drug-likeness (QED) is 0.923. The third-order valence-electron chi connectivity index (χ3n) is 5.40. The van der Waals surface area contributed by atoms with E-state index in [0.717, 1.165) is 29.3 Å². The van der Waals surface area contributed by atoms with Gasteiger partial charge in [-0.1, -0.05) is 31.0 Å². The minimum absolute atomic E-state index is 0.0559. The van der Waals surface area contributed by atoms with Gasteiger partial charge in [0.05, 0.1) is 5.56 Å². The van der Waals surface area contributed by atoms with Crippen molar-refractivity contribution in [3.8, 4) is 0 Å². The van der Waals surface area contributed by atoms with Crippen molar-refractivity contribution < 1.29 is 9.59 Å². The number of benzene rings is 1. The van der Waals surface area contributed by atoms with Crippen molar-refractivity contribution in [1.82, 2.24) is 14.8 Å². The number of fused-ring (bicyclic) bond motifs is 1. The highest BCUT2D eigenvalue weighted by Crippen LogP contribution is 2.27. The summed E-state index contributed by atoms with van der Waals surface area (Å²) in [6.45, 7) is 2.56. The molecule has 1 aromatic carbocycles. The second-order valence-electron chi connectivity index (χ2n) is 6.85. The van der Waals surface area contributed by atoms with Crippen LogP contribution in [-0.4, -0.2) is 52.8 Å². The summed E-state index contributed by atoms with van der Waals surface area (Å²) in [4.78, 5) is 32.3. The number of piperazine rings is 1. The Bertz CT molecular complexity index is 753. The van der Waals surface area contributed by atoms with Crippen LogP contribution in [-0.2, 0) is 4.79 Å². The predicted octanol–water partition coefficient (Wildman–Crippen LogP) is 2.64. The van der Waals surface area contributed by atoms with E-state index in [2.05, 4.69) is 4.98 Å². The molecule has 2 fully saturated rings. The topological polar surface area (TPSA) is 56.4 Å². The van der Waals surface area contributed by atoms with Crippen LogP contribution in [0.15, 0.2) is 30.5 Å². The minimum Gasteiger partial charge on any atom is -0.360 e. The van der Waals surface area contributed by atoms with Crippen LogP contribution >= 0.6 is 0 Å². The van der Waals surface area contributed by atoms with E-state index >= 15 is 0 Å². The van der Waals surface area contributed by atoms with E-state index in [4.69, 9.17) is 0 Å². The molecule has 24 heavy (non-hydrogen) atoms. The fourth-order valence-electron chi connectivity index (χ4n) is 3.98. The molecule has 0 spiro atoms. The number of para-hydroxylation sites is 1. The minimum atomic E-state index is 0.0559. The molecule has 1 aromatic heterocycles. The highest BCUT2D eigenvalue weighted by Gasteiger charge is 2.31. The van der Waals surface area contributed by atoms with Gasteiger partial charge in [0.2, 0.25) is 5.91 Å². The van der Waals surface area contributed by atoms with Gasteiger partial charge in [0.25, 0.3) is 5.91 Å². The summed E-state index contributed by atoms with van der Waals surface area (Å²) in [6, 6.07) is 7.86. The molecule has 0 atom stereocenters. The second-order valence-corrected chi connectivity index (χ2v) is 6.85. The number of carbonyl (C=O) groups is 2. The van der Waals surface area contributed by atoms with Gasteiger partial charge in [0.1, 0.15) is 0 Å². The molecule has 2 heterocycles. The van der Waals surface area contributed by atoms with Crippen LogP contribution < -0.4 is 0 Å². The van der Waals surface area contributed by atoms with Gasteiger partial charge in [-0.2, -0.15) is 0 Å². The first kappa shape index (κ1) is 15.2. The SMILES string of the molecule is O=C(c1c[nH]c2ccccc12)N1CCN(C(=O)C2CCCC2)CC1. The zero-order valence-electron chi connectivity index (χ0n) is 13.8. The summed E-state index contributed by atoms with van der Waals surface area (Å²) >= 11 is 0. The lowest BCUT2D eigenvalue weighted by Gasteiger charge is -2.36. The molecule has 1 saturated heterocycles. The average Bonchev–Trinajstić information content (AvgIpc) is 3.30. The standard InChI is InChI=1S/C19H23N3O2/c23-18(14-5-1-2-6-14)21-9-11-22(12-10-21)19(24)16-13-20-17-8-4-3-7-15(16)17/h3-4,7-8,13-14,20H,1-2,5-6,9-12H2. The lowest BCUT2D eigenvalue weighted by Crippen LogP contribution is -2.51. The Morgan fingerprint density at radius 1 is 0.958 bits per heavy atom. The Balaban J connectivity index is 1.42. The molecule has 2 amide bonds. The van der Waals surface area contributed by atoms with Gasteiger partial charge in [-0.25, -0.2) is 0 Å². The fraction of sp³-hybridized carbons (Fsp3) is 0.474. The predicted molar refractivity (Wildman–Crippen MR) is 92.7 cm³/mol. The molecule has 5 heteroatoms. The zero-order chi connectivity index (χ0) is 16.5. The van der Waals surface area contributed by atoms with Gasteiger partial charge in [0, 0.05) is 49.2 Å². The van der Waals surface area contributed by atoms with Crippen LogP contribution in [0.25, 0.3) is 10.9 Å². The Hall–Kier alpha value is -2.30. The van der Waals surface area contributed by atoms with Crippen molar-refractivity contribution in [3.05, 3.63) is 36.0 Å². The number of rotatable bonds is 2.